The number of nitrogens with zero attached hydrogens (tertiary/aromatic N) is 2. The van der Waals surface area contributed by atoms with E-state index in [1.54, 1.807) is 24.4 Å². The zero-order valence-corrected chi connectivity index (χ0v) is 9.47. The molecule has 88 valence electrons. The molecule has 0 aliphatic carbocycles. The fourth-order valence-electron chi connectivity index (χ4n) is 1.72. The third-order valence-electron chi connectivity index (χ3n) is 2.61. The lowest BCUT2D eigenvalue weighted by molar-refractivity contribution is 0.631. The molecule has 0 aliphatic rings. The van der Waals surface area contributed by atoms with Crippen LogP contribution in [-0.2, 0) is 0 Å². The minimum absolute atomic E-state index is 0.325. The largest absolute Gasteiger partial charge is 0.322 e. The van der Waals surface area contributed by atoms with Gasteiger partial charge in [-0.05, 0) is 18.2 Å². The first kappa shape index (κ1) is 10.7. The highest BCUT2D eigenvalue weighted by atomic mass is 19.1. The van der Waals surface area contributed by atoms with Crippen LogP contribution in [0.2, 0.25) is 0 Å². The lowest BCUT2D eigenvalue weighted by Crippen LogP contribution is -1.98. The molecule has 3 nitrogen and oxygen atoms in total. The first-order chi connectivity index (χ1) is 8.83. The molecule has 0 saturated carbocycles. The highest BCUT2D eigenvalue weighted by Gasteiger charge is 2.03. The highest BCUT2D eigenvalue weighted by molar-refractivity contribution is 5.78. The SMILES string of the molecule is Fc1ccccc1Nc1ncc2ccccc2n1. The molecular formula is C14H10FN3. The Morgan fingerprint density at radius 3 is 2.61 bits per heavy atom. The normalized spacial score (nSPS) is 10.5. The molecule has 0 atom stereocenters. The Kier molecular flexibility index (Phi) is 2.61. The highest BCUT2D eigenvalue weighted by Crippen LogP contribution is 2.18. The van der Waals surface area contributed by atoms with E-state index in [2.05, 4.69) is 15.3 Å². The Morgan fingerprint density at radius 1 is 0.944 bits per heavy atom. The van der Waals surface area contributed by atoms with Crippen molar-refractivity contribution in [3.63, 3.8) is 0 Å². The van der Waals surface area contributed by atoms with Crippen molar-refractivity contribution in [3.8, 4) is 0 Å². The van der Waals surface area contributed by atoms with Gasteiger partial charge < -0.3 is 5.32 Å². The summed E-state index contributed by atoms with van der Waals surface area (Å²) in [6.45, 7) is 0. The van der Waals surface area contributed by atoms with Crippen LogP contribution in [0.4, 0.5) is 16.0 Å². The molecule has 0 unspecified atom stereocenters. The van der Waals surface area contributed by atoms with Crippen molar-refractivity contribution in [2.24, 2.45) is 0 Å². The van der Waals surface area contributed by atoms with Gasteiger partial charge in [0.05, 0.1) is 11.2 Å². The predicted octanol–water partition coefficient (Wildman–Crippen LogP) is 3.51. The van der Waals surface area contributed by atoms with E-state index in [4.69, 9.17) is 0 Å². The summed E-state index contributed by atoms with van der Waals surface area (Å²) in [6, 6.07) is 14.1. The minimum atomic E-state index is -0.325. The first-order valence-electron chi connectivity index (χ1n) is 5.56. The first-order valence-corrected chi connectivity index (χ1v) is 5.56. The van der Waals surface area contributed by atoms with E-state index in [-0.39, 0.29) is 5.82 Å². The smallest absolute Gasteiger partial charge is 0.227 e. The van der Waals surface area contributed by atoms with Crippen molar-refractivity contribution in [3.05, 3.63) is 60.5 Å². The number of rotatable bonds is 2. The van der Waals surface area contributed by atoms with Gasteiger partial charge in [0.25, 0.3) is 0 Å². The summed E-state index contributed by atoms with van der Waals surface area (Å²) in [4.78, 5) is 8.48. The fraction of sp³-hybridized carbons (Fsp3) is 0. The van der Waals surface area contributed by atoms with Crippen molar-refractivity contribution in [1.29, 1.82) is 0 Å². The lowest BCUT2D eigenvalue weighted by Gasteiger charge is -2.06. The summed E-state index contributed by atoms with van der Waals surface area (Å²) in [6.07, 6.45) is 1.71. The van der Waals surface area contributed by atoms with Crippen LogP contribution in [0.15, 0.2) is 54.7 Å². The van der Waals surface area contributed by atoms with Crippen LogP contribution in [0, 0.1) is 5.82 Å². The molecule has 0 radical (unpaired) electrons. The van der Waals surface area contributed by atoms with E-state index in [1.165, 1.54) is 6.07 Å². The third-order valence-corrected chi connectivity index (χ3v) is 2.61. The van der Waals surface area contributed by atoms with Crippen molar-refractivity contribution in [1.82, 2.24) is 9.97 Å². The predicted molar refractivity (Wildman–Crippen MR) is 69.2 cm³/mol. The van der Waals surface area contributed by atoms with E-state index in [1.807, 2.05) is 24.3 Å². The summed E-state index contributed by atoms with van der Waals surface area (Å²) in [5.41, 5.74) is 1.19. The maximum atomic E-state index is 13.5. The van der Waals surface area contributed by atoms with Crippen molar-refractivity contribution in [2.75, 3.05) is 5.32 Å². The summed E-state index contributed by atoms with van der Waals surface area (Å²) in [7, 11) is 0. The van der Waals surface area contributed by atoms with Crippen molar-refractivity contribution < 1.29 is 4.39 Å². The van der Waals surface area contributed by atoms with Gasteiger partial charge in [-0.2, -0.15) is 0 Å². The van der Waals surface area contributed by atoms with Gasteiger partial charge in [0.15, 0.2) is 0 Å². The second kappa shape index (κ2) is 4.41. The number of halogens is 1. The number of aromatic nitrogens is 2. The topological polar surface area (TPSA) is 37.8 Å². The summed E-state index contributed by atoms with van der Waals surface area (Å²) < 4.78 is 13.5. The van der Waals surface area contributed by atoms with Crippen molar-refractivity contribution in [2.45, 2.75) is 0 Å². The zero-order valence-electron chi connectivity index (χ0n) is 9.47. The van der Waals surface area contributed by atoms with E-state index in [9.17, 15) is 4.39 Å². The molecular weight excluding hydrogens is 229 g/mol. The molecule has 4 heteroatoms. The van der Waals surface area contributed by atoms with Gasteiger partial charge in [0.2, 0.25) is 5.95 Å². The summed E-state index contributed by atoms with van der Waals surface area (Å²) >= 11 is 0. The Hall–Kier alpha value is -2.49. The molecule has 0 aliphatic heterocycles. The molecule has 1 N–H and O–H groups in total. The number of nitrogens with one attached hydrogen (secondary N) is 1. The molecule has 3 rings (SSSR count). The van der Waals surface area contributed by atoms with Crippen LogP contribution in [0.3, 0.4) is 0 Å². The maximum absolute atomic E-state index is 13.5. The Bertz CT molecular complexity index is 697. The number of para-hydroxylation sites is 2. The van der Waals surface area contributed by atoms with Crippen LogP contribution in [0.25, 0.3) is 10.9 Å². The van der Waals surface area contributed by atoms with E-state index in [0.29, 0.717) is 11.6 Å². The molecule has 3 aromatic rings. The summed E-state index contributed by atoms with van der Waals surface area (Å²) in [5.74, 6) is 0.0630. The fourth-order valence-corrected chi connectivity index (χ4v) is 1.72. The lowest BCUT2D eigenvalue weighted by atomic mass is 10.2. The van der Waals surface area contributed by atoms with Gasteiger partial charge in [-0.1, -0.05) is 30.3 Å². The van der Waals surface area contributed by atoms with Crippen LogP contribution < -0.4 is 5.32 Å². The molecule has 0 spiro atoms. The number of anilines is 2. The Labute approximate surface area is 103 Å². The van der Waals surface area contributed by atoms with E-state index >= 15 is 0 Å². The van der Waals surface area contributed by atoms with Crippen LogP contribution in [0.5, 0.6) is 0 Å². The van der Waals surface area contributed by atoms with Crippen LogP contribution >= 0.6 is 0 Å². The Morgan fingerprint density at radius 2 is 1.72 bits per heavy atom. The van der Waals surface area contributed by atoms with Crippen molar-refractivity contribution >= 4 is 22.5 Å². The number of fused-ring (bicyclic) bond motifs is 1. The average Bonchev–Trinajstić information content (AvgIpc) is 2.41. The molecule has 18 heavy (non-hydrogen) atoms. The molecule has 0 amide bonds. The molecule has 1 heterocycles. The molecule has 0 saturated heterocycles. The third kappa shape index (κ3) is 2.00. The number of benzene rings is 2. The molecule has 0 fully saturated rings. The Balaban J connectivity index is 1.98. The van der Waals surface area contributed by atoms with Gasteiger partial charge in [-0.25, -0.2) is 14.4 Å². The maximum Gasteiger partial charge on any atom is 0.227 e. The quantitative estimate of drug-likeness (QED) is 0.743. The zero-order chi connectivity index (χ0) is 12.4. The summed E-state index contributed by atoms with van der Waals surface area (Å²) in [5, 5.41) is 3.82. The number of hydrogen-bond donors (Lipinski definition) is 1. The van der Waals surface area contributed by atoms with Gasteiger partial charge in [0.1, 0.15) is 5.82 Å². The monoisotopic (exact) mass is 239 g/mol. The van der Waals surface area contributed by atoms with Gasteiger partial charge >= 0.3 is 0 Å². The average molecular weight is 239 g/mol. The molecule has 0 bridgehead atoms. The second-order valence-corrected chi connectivity index (χ2v) is 3.86. The van der Waals surface area contributed by atoms with Gasteiger partial charge in [-0.15, -0.1) is 0 Å². The van der Waals surface area contributed by atoms with Crippen LogP contribution in [0.1, 0.15) is 0 Å². The standard InChI is InChI=1S/C14H10FN3/c15-11-6-2-4-8-13(11)18-14-16-9-10-5-1-3-7-12(10)17-14/h1-9H,(H,16,17,18). The van der Waals surface area contributed by atoms with Gasteiger partial charge in [0, 0.05) is 11.6 Å². The van der Waals surface area contributed by atoms with Gasteiger partial charge in [-0.3, -0.25) is 0 Å². The molecule has 2 aromatic carbocycles. The number of hydrogen-bond acceptors (Lipinski definition) is 3. The second-order valence-electron chi connectivity index (χ2n) is 3.86. The van der Waals surface area contributed by atoms with E-state index in [0.717, 1.165) is 10.9 Å². The van der Waals surface area contributed by atoms with Crippen LogP contribution in [-0.4, -0.2) is 9.97 Å². The van der Waals surface area contributed by atoms with E-state index < -0.39 is 0 Å². The molecule has 1 aromatic heterocycles. The minimum Gasteiger partial charge on any atom is -0.322 e.